The third-order valence-electron chi connectivity index (χ3n) is 4.72. The minimum absolute atomic E-state index is 0.260. The Balaban J connectivity index is 1.53. The summed E-state index contributed by atoms with van der Waals surface area (Å²) in [6, 6.07) is 0. The minimum Gasteiger partial charge on any atom is -0.470 e. The van der Waals surface area contributed by atoms with Crippen molar-refractivity contribution in [3.05, 3.63) is 22.9 Å². The summed E-state index contributed by atoms with van der Waals surface area (Å²) in [7, 11) is -0.874. The molecule has 1 saturated heterocycles. The van der Waals surface area contributed by atoms with Gasteiger partial charge in [-0.3, -0.25) is 0 Å². The van der Waals surface area contributed by atoms with Crippen molar-refractivity contribution in [1.29, 1.82) is 0 Å². The minimum atomic E-state index is -0.874. The van der Waals surface area contributed by atoms with E-state index in [1.807, 2.05) is 33.1 Å². The van der Waals surface area contributed by atoms with Crippen LogP contribution >= 0.6 is 11.3 Å². The number of ether oxygens (including phenoxy) is 1. The standard InChI is InChI=1S/C15H21BFNO3S/c1-14(2)15(3,4)21-16(20-14)12(17)11-7-10(8-11)9-19-13-18-5-6-22-13/h5-6,10H,7-9H2,1-4H3. The molecule has 0 unspecified atom stereocenters. The lowest BCUT2D eigenvalue weighted by Gasteiger charge is -2.32. The summed E-state index contributed by atoms with van der Waals surface area (Å²) in [5, 5.41) is 2.54. The van der Waals surface area contributed by atoms with Crippen LogP contribution in [0.25, 0.3) is 0 Å². The molecule has 0 aromatic carbocycles. The van der Waals surface area contributed by atoms with E-state index in [2.05, 4.69) is 4.98 Å². The number of rotatable bonds is 4. The average Bonchev–Trinajstić information content (AvgIpc) is 2.94. The van der Waals surface area contributed by atoms with Crippen molar-refractivity contribution in [2.24, 2.45) is 5.92 Å². The Morgan fingerprint density at radius 1 is 1.36 bits per heavy atom. The Morgan fingerprint density at radius 2 is 2.00 bits per heavy atom. The fraction of sp³-hybridized carbons (Fsp3) is 0.667. The Morgan fingerprint density at radius 3 is 2.55 bits per heavy atom. The first-order valence-corrected chi connectivity index (χ1v) is 8.42. The molecule has 0 spiro atoms. The van der Waals surface area contributed by atoms with Crippen molar-refractivity contribution in [2.75, 3.05) is 6.61 Å². The second-order valence-electron chi connectivity index (χ2n) is 6.92. The van der Waals surface area contributed by atoms with Gasteiger partial charge < -0.3 is 14.0 Å². The maximum atomic E-state index is 14.5. The van der Waals surface area contributed by atoms with Crippen LogP contribution in [0.1, 0.15) is 40.5 Å². The number of hydrogen-bond donors (Lipinski definition) is 0. The van der Waals surface area contributed by atoms with E-state index in [1.54, 1.807) is 6.20 Å². The summed E-state index contributed by atoms with van der Waals surface area (Å²) in [4.78, 5) is 4.07. The first-order chi connectivity index (χ1) is 10.3. The predicted molar refractivity (Wildman–Crippen MR) is 84.5 cm³/mol. The molecule has 1 aliphatic heterocycles. The number of halogens is 1. The second kappa shape index (κ2) is 5.62. The van der Waals surface area contributed by atoms with E-state index < -0.39 is 18.3 Å². The van der Waals surface area contributed by atoms with Crippen LogP contribution in [0.4, 0.5) is 4.39 Å². The van der Waals surface area contributed by atoms with Gasteiger partial charge in [0.2, 0.25) is 0 Å². The molecular weight excluding hydrogens is 304 g/mol. The fourth-order valence-corrected chi connectivity index (χ4v) is 3.03. The lowest BCUT2D eigenvalue weighted by atomic mass is 9.73. The van der Waals surface area contributed by atoms with Crippen LogP contribution in [0, 0.1) is 5.92 Å². The van der Waals surface area contributed by atoms with Crippen LogP contribution in [-0.4, -0.2) is 29.9 Å². The van der Waals surface area contributed by atoms with Gasteiger partial charge in [-0.2, -0.15) is 0 Å². The number of thiazole rings is 1. The van der Waals surface area contributed by atoms with Gasteiger partial charge in [0, 0.05) is 17.5 Å². The van der Waals surface area contributed by atoms with Crippen LogP contribution in [0.5, 0.6) is 5.19 Å². The first kappa shape index (κ1) is 16.0. The van der Waals surface area contributed by atoms with Crippen molar-refractivity contribution in [3.8, 4) is 5.19 Å². The molecule has 0 amide bonds. The third kappa shape index (κ3) is 2.94. The molecule has 2 heterocycles. The summed E-state index contributed by atoms with van der Waals surface area (Å²) in [5.74, 6) is 0.340. The SMILES string of the molecule is CC1(C)OB(C(F)=C2CC(COc3nccs3)C2)OC1(C)C. The highest BCUT2D eigenvalue weighted by atomic mass is 32.1. The van der Waals surface area contributed by atoms with E-state index in [0.717, 1.165) is 5.57 Å². The monoisotopic (exact) mass is 325 g/mol. The molecule has 120 valence electrons. The molecule has 1 aliphatic carbocycles. The molecule has 2 aliphatic rings. The van der Waals surface area contributed by atoms with E-state index in [0.29, 0.717) is 30.6 Å². The summed E-state index contributed by atoms with van der Waals surface area (Å²) in [6.07, 6.45) is 3.10. The van der Waals surface area contributed by atoms with Gasteiger partial charge in [-0.25, -0.2) is 9.37 Å². The molecule has 7 heteroatoms. The van der Waals surface area contributed by atoms with Gasteiger partial charge >= 0.3 is 7.12 Å². The zero-order valence-corrected chi connectivity index (χ0v) is 14.2. The van der Waals surface area contributed by atoms with Gasteiger partial charge in [0.05, 0.1) is 17.8 Å². The Labute approximate surface area is 134 Å². The van der Waals surface area contributed by atoms with E-state index in [1.165, 1.54) is 11.3 Å². The first-order valence-electron chi connectivity index (χ1n) is 7.54. The topological polar surface area (TPSA) is 40.6 Å². The molecule has 0 atom stereocenters. The third-order valence-corrected chi connectivity index (χ3v) is 5.40. The van der Waals surface area contributed by atoms with E-state index in [4.69, 9.17) is 14.0 Å². The Hall–Kier alpha value is -0.915. The van der Waals surface area contributed by atoms with Gasteiger partial charge in [0.1, 0.15) is 5.73 Å². The van der Waals surface area contributed by atoms with Crippen LogP contribution in [0.15, 0.2) is 22.9 Å². The molecule has 22 heavy (non-hydrogen) atoms. The summed E-state index contributed by atoms with van der Waals surface area (Å²) in [5.41, 5.74) is -0.491. The van der Waals surface area contributed by atoms with Crippen molar-refractivity contribution in [2.45, 2.75) is 51.7 Å². The second-order valence-corrected chi connectivity index (χ2v) is 7.78. The number of hydrogen-bond acceptors (Lipinski definition) is 5. The highest BCUT2D eigenvalue weighted by Gasteiger charge is 2.54. The largest absolute Gasteiger partial charge is 0.525 e. The van der Waals surface area contributed by atoms with E-state index in [-0.39, 0.29) is 5.73 Å². The zero-order chi connectivity index (χ0) is 16.0. The van der Waals surface area contributed by atoms with Crippen molar-refractivity contribution < 1.29 is 18.4 Å². The lowest BCUT2D eigenvalue weighted by molar-refractivity contribution is 0.00578. The quantitative estimate of drug-likeness (QED) is 0.790. The van der Waals surface area contributed by atoms with Crippen molar-refractivity contribution in [1.82, 2.24) is 4.98 Å². The van der Waals surface area contributed by atoms with Crippen LogP contribution in [0.2, 0.25) is 0 Å². The van der Waals surface area contributed by atoms with Gasteiger partial charge in [-0.1, -0.05) is 11.3 Å². The van der Waals surface area contributed by atoms with Gasteiger partial charge in [0.15, 0.2) is 0 Å². The summed E-state index contributed by atoms with van der Waals surface area (Å²) < 4.78 is 31.6. The normalized spacial score (nSPS) is 26.0. The summed E-state index contributed by atoms with van der Waals surface area (Å²) >= 11 is 1.47. The molecule has 3 rings (SSSR count). The molecule has 4 nitrogen and oxygen atoms in total. The Kier molecular flexibility index (Phi) is 4.08. The van der Waals surface area contributed by atoms with Crippen molar-refractivity contribution in [3.63, 3.8) is 0 Å². The molecule has 0 N–H and O–H groups in total. The van der Waals surface area contributed by atoms with Crippen LogP contribution in [0.3, 0.4) is 0 Å². The number of allylic oxidation sites excluding steroid dienone is 1. The van der Waals surface area contributed by atoms with E-state index >= 15 is 0 Å². The molecule has 0 bridgehead atoms. The fourth-order valence-electron chi connectivity index (χ4n) is 2.53. The van der Waals surface area contributed by atoms with Gasteiger partial charge in [-0.05, 0) is 46.1 Å². The maximum Gasteiger partial charge on any atom is 0.525 e. The van der Waals surface area contributed by atoms with Crippen LogP contribution in [-0.2, 0) is 9.31 Å². The van der Waals surface area contributed by atoms with Gasteiger partial charge in [0.25, 0.3) is 5.19 Å². The number of aromatic nitrogens is 1. The molecule has 1 saturated carbocycles. The smallest absolute Gasteiger partial charge is 0.470 e. The zero-order valence-electron chi connectivity index (χ0n) is 13.4. The van der Waals surface area contributed by atoms with Crippen LogP contribution < -0.4 is 4.74 Å². The highest BCUT2D eigenvalue weighted by Crippen LogP contribution is 2.43. The molecule has 0 radical (unpaired) electrons. The molecule has 1 aromatic heterocycles. The van der Waals surface area contributed by atoms with E-state index in [9.17, 15) is 4.39 Å². The maximum absolute atomic E-state index is 14.5. The van der Waals surface area contributed by atoms with Gasteiger partial charge in [-0.15, -0.1) is 0 Å². The lowest BCUT2D eigenvalue weighted by Crippen LogP contribution is -2.41. The number of nitrogens with zero attached hydrogens (tertiary/aromatic N) is 1. The molecule has 1 aromatic rings. The average molecular weight is 325 g/mol. The molecular formula is C15H21BFNO3S. The molecule has 2 fully saturated rings. The summed E-state index contributed by atoms with van der Waals surface area (Å²) in [6.45, 7) is 8.28. The highest BCUT2D eigenvalue weighted by molar-refractivity contribution is 7.11. The van der Waals surface area contributed by atoms with Crippen molar-refractivity contribution >= 4 is 18.5 Å². The predicted octanol–water partition coefficient (Wildman–Crippen LogP) is 3.79. The Bertz CT molecular complexity index is 549.